The molecule has 0 saturated carbocycles. The summed E-state index contributed by atoms with van der Waals surface area (Å²) in [4.78, 5) is 24.2. The highest BCUT2D eigenvalue weighted by Crippen LogP contribution is 2.12. The van der Waals surface area contributed by atoms with Crippen molar-refractivity contribution < 1.29 is 18.7 Å². The zero-order valence-corrected chi connectivity index (χ0v) is 17.9. The van der Waals surface area contributed by atoms with E-state index >= 15 is 0 Å². The number of carbonyl (C=O) groups is 2. The predicted molar refractivity (Wildman–Crippen MR) is 121 cm³/mol. The quantitative estimate of drug-likeness (QED) is 0.441. The fourth-order valence-electron chi connectivity index (χ4n) is 3.16. The fourth-order valence-corrected chi connectivity index (χ4v) is 3.16. The molecule has 32 heavy (non-hydrogen) atoms. The van der Waals surface area contributed by atoms with E-state index in [4.69, 9.17) is 4.74 Å². The molecule has 3 aromatic carbocycles. The average molecular weight is 435 g/mol. The minimum absolute atomic E-state index is 0.0824. The first-order valence-corrected chi connectivity index (χ1v) is 10.6. The number of benzene rings is 3. The molecule has 3 rings (SSSR count). The van der Waals surface area contributed by atoms with E-state index < -0.39 is 0 Å². The zero-order valence-electron chi connectivity index (χ0n) is 17.9. The molecule has 0 saturated heterocycles. The van der Waals surface area contributed by atoms with E-state index in [9.17, 15) is 14.0 Å². The van der Waals surface area contributed by atoms with E-state index in [2.05, 4.69) is 10.6 Å². The lowest BCUT2D eigenvalue weighted by molar-refractivity contribution is -0.121. The van der Waals surface area contributed by atoms with Crippen LogP contribution in [-0.4, -0.2) is 18.4 Å². The van der Waals surface area contributed by atoms with Gasteiger partial charge in [-0.1, -0.05) is 54.6 Å². The van der Waals surface area contributed by atoms with E-state index in [-0.39, 0.29) is 17.6 Å². The Kier molecular flexibility index (Phi) is 8.95. The van der Waals surface area contributed by atoms with E-state index in [1.54, 1.807) is 0 Å². The van der Waals surface area contributed by atoms with Gasteiger partial charge in [-0.2, -0.15) is 0 Å². The molecule has 0 bridgehead atoms. The highest BCUT2D eigenvalue weighted by atomic mass is 19.1. The summed E-state index contributed by atoms with van der Waals surface area (Å²) in [5, 5.41) is 5.66. The normalized spacial score (nSPS) is 10.5. The Morgan fingerprint density at radius 1 is 0.781 bits per heavy atom. The Balaban J connectivity index is 1.36. The van der Waals surface area contributed by atoms with E-state index in [1.165, 1.54) is 24.3 Å². The first-order chi connectivity index (χ1) is 15.6. The van der Waals surface area contributed by atoms with Crippen molar-refractivity contribution in [1.82, 2.24) is 10.6 Å². The van der Waals surface area contributed by atoms with Crippen molar-refractivity contribution in [3.63, 3.8) is 0 Å². The van der Waals surface area contributed by atoms with Crippen molar-refractivity contribution in [3.05, 3.63) is 107 Å². The van der Waals surface area contributed by atoms with Crippen LogP contribution in [0.25, 0.3) is 0 Å². The van der Waals surface area contributed by atoms with Crippen LogP contribution in [0.5, 0.6) is 0 Å². The van der Waals surface area contributed by atoms with Gasteiger partial charge in [0.15, 0.2) is 0 Å². The van der Waals surface area contributed by atoms with E-state index in [0.717, 1.165) is 16.7 Å². The van der Waals surface area contributed by atoms with Crippen molar-refractivity contribution in [3.8, 4) is 0 Å². The van der Waals surface area contributed by atoms with Gasteiger partial charge in [0, 0.05) is 25.1 Å². The number of hydrogen-bond acceptors (Lipinski definition) is 3. The molecule has 0 unspecified atom stereocenters. The Morgan fingerprint density at radius 2 is 1.47 bits per heavy atom. The van der Waals surface area contributed by atoms with Crippen LogP contribution in [0.3, 0.4) is 0 Å². The third-order valence-electron chi connectivity index (χ3n) is 4.94. The summed E-state index contributed by atoms with van der Waals surface area (Å²) in [7, 11) is 0. The number of halogens is 1. The molecular formula is C26H27FN2O3. The molecule has 0 radical (unpaired) electrons. The summed E-state index contributed by atoms with van der Waals surface area (Å²) in [6.45, 7) is 1.79. The van der Waals surface area contributed by atoms with E-state index in [0.29, 0.717) is 44.7 Å². The smallest absolute Gasteiger partial charge is 0.251 e. The van der Waals surface area contributed by atoms with Crippen LogP contribution in [0.4, 0.5) is 4.39 Å². The lowest BCUT2D eigenvalue weighted by Gasteiger charge is -2.12. The number of ether oxygens (including phenoxy) is 1. The van der Waals surface area contributed by atoms with Gasteiger partial charge in [-0.25, -0.2) is 4.39 Å². The molecule has 5 nitrogen and oxygen atoms in total. The van der Waals surface area contributed by atoms with Crippen LogP contribution < -0.4 is 10.6 Å². The third kappa shape index (κ3) is 7.63. The number of amides is 2. The number of carbonyl (C=O) groups excluding carboxylic acids is 2. The molecule has 2 N–H and O–H groups in total. The van der Waals surface area contributed by atoms with Gasteiger partial charge in [-0.05, 0) is 47.4 Å². The molecule has 0 atom stereocenters. The van der Waals surface area contributed by atoms with Crippen LogP contribution in [-0.2, 0) is 29.3 Å². The van der Waals surface area contributed by atoms with Crippen LogP contribution in [0.15, 0.2) is 78.9 Å². The largest absolute Gasteiger partial charge is 0.372 e. The first kappa shape index (κ1) is 23.2. The Morgan fingerprint density at radius 3 is 2.22 bits per heavy atom. The molecule has 0 fully saturated rings. The van der Waals surface area contributed by atoms with Gasteiger partial charge in [0.1, 0.15) is 5.82 Å². The Hall–Kier alpha value is -3.51. The second-order valence-electron chi connectivity index (χ2n) is 7.39. The summed E-state index contributed by atoms with van der Waals surface area (Å²) < 4.78 is 18.7. The molecule has 0 aromatic heterocycles. The molecule has 2 amide bonds. The molecular weight excluding hydrogens is 407 g/mol. The van der Waals surface area contributed by atoms with Gasteiger partial charge in [0.25, 0.3) is 5.91 Å². The summed E-state index contributed by atoms with van der Waals surface area (Å²) in [6.07, 6.45) is 0.816. The summed E-state index contributed by atoms with van der Waals surface area (Å²) in [6, 6.07) is 23.2. The summed E-state index contributed by atoms with van der Waals surface area (Å²) in [5.41, 5.74) is 3.56. The number of nitrogens with one attached hydrogen (secondary N) is 2. The SMILES string of the molecule is O=C(CCCNC(=O)c1ccc(F)cc1)NCc1ccccc1COCc1ccccc1. The lowest BCUT2D eigenvalue weighted by atomic mass is 10.1. The van der Waals surface area contributed by atoms with E-state index in [1.807, 2.05) is 54.6 Å². The maximum absolute atomic E-state index is 12.9. The Labute approximate surface area is 187 Å². The molecule has 0 aliphatic heterocycles. The topological polar surface area (TPSA) is 67.4 Å². The van der Waals surface area contributed by atoms with Crippen molar-refractivity contribution in [2.75, 3.05) is 6.54 Å². The first-order valence-electron chi connectivity index (χ1n) is 10.6. The highest BCUT2D eigenvalue weighted by Gasteiger charge is 2.08. The molecule has 0 aliphatic rings. The standard InChI is InChI=1S/C26H27FN2O3/c27-24-14-12-21(13-15-24)26(31)28-16-6-11-25(30)29-17-22-9-4-5-10-23(22)19-32-18-20-7-2-1-3-8-20/h1-5,7-10,12-15H,6,11,16-19H2,(H,28,31)(H,29,30). The Bertz CT molecular complexity index is 1010. The van der Waals surface area contributed by atoms with Crippen molar-refractivity contribution in [2.24, 2.45) is 0 Å². The molecule has 0 spiro atoms. The minimum Gasteiger partial charge on any atom is -0.372 e. The molecule has 166 valence electrons. The maximum Gasteiger partial charge on any atom is 0.251 e. The molecule has 0 heterocycles. The second-order valence-corrected chi connectivity index (χ2v) is 7.39. The lowest BCUT2D eigenvalue weighted by Crippen LogP contribution is -2.27. The van der Waals surface area contributed by atoms with Gasteiger partial charge in [0.05, 0.1) is 13.2 Å². The zero-order chi connectivity index (χ0) is 22.6. The fraction of sp³-hybridized carbons (Fsp3) is 0.231. The number of rotatable bonds is 11. The van der Waals surface area contributed by atoms with Gasteiger partial charge < -0.3 is 15.4 Å². The number of hydrogen-bond donors (Lipinski definition) is 2. The monoisotopic (exact) mass is 434 g/mol. The van der Waals surface area contributed by atoms with Crippen molar-refractivity contribution >= 4 is 11.8 Å². The average Bonchev–Trinajstić information content (AvgIpc) is 2.82. The summed E-state index contributed by atoms with van der Waals surface area (Å²) in [5.74, 6) is -0.751. The molecule has 6 heteroatoms. The highest BCUT2D eigenvalue weighted by molar-refractivity contribution is 5.94. The predicted octanol–water partition coefficient (Wildman–Crippen LogP) is 4.37. The van der Waals surface area contributed by atoms with Crippen molar-refractivity contribution in [2.45, 2.75) is 32.6 Å². The second kappa shape index (κ2) is 12.4. The van der Waals surface area contributed by atoms with Gasteiger partial charge in [-0.3, -0.25) is 9.59 Å². The van der Waals surface area contributed by atoms with Gasteiger partial charge in [-0.15, -0.1) is 0 Å². The molecule has 0 aliphatic carbocycles. The maximum atomic E-state index is 12.9. The molecule has 3 aromatic rings. The van der Waals surface area contributed by atoms with Crippen LogP contribution in [0.2, 0.25) is 0 Å². The van der Waals surface area contributed by atoms with Crippen LogP contribution in [0, 0.1) is 5.82 Å². The summed E-state index contributed by atoms with van der Waals surface area (Å²) >= 11 is 0. The third-order valence-corrected chi connectivity index (χ3v) is 4.94. The van der Waals surface area contributed by atoms with Crippen LogP contribution >= 0.6 is 0 Å². The minimum atomic E-state index is -0.387. The van der Waals surface area contributed by atoms with Crippen molar-refractivity contribution in [1.29, 1.82) is 0 Å². The van der Waals surface area contributed by atoms with Crippen LogP contribution in [0.1, 0.15) is 39.9 Å². The van der Waals surface area contributed by atoms with Gasteiger partial charge in [0.2, 0.25) is 5.91 Å². The van der Waals surface area contributed by atoms with Gasteiger partial charge >= 0.3 is 0 Å².